The van der Waals surface area contributed by atoms with Crippen molar-refractivity contribution in [3.05, 3.63) is 16.3 Å². The van der Waals surface area contributed by atoms with E-state index in [2.05, 4.69) is 24.1 Å². The zero-order valence-corrected chi connectivity index (χ0v) is 11.3. The van der Waals surface area contributed by atoms with Gasteiger partial charge in [-0.15, -0.1) is 11.3 Å². The summed E-state index contributed by atoms with van der Waals surface area (Å²) in [6.45, 7) is 4.31. The highest BCUT2D eigenvalue weighted by molar-refractivity contribution is 7.18. The minimum atomic E-state index is 0.833. The highest BCUT2D eigenvalue weighted by Crippen LogP contribution is 2.35. The summed E-state index contributed by atoms with van der Waals surface area (Å²) < 4.78 is 0. The summed E-state index contributed by atoms with van der Waals surface area (Å²) in [5.74, 6) is 2.83. The molecule has 3 rings (SSSR count). The van der Waals surface area contributed by atoms with Gasteiger partial charge in [-0.05, 0) is 38.2 Å². The molecular formula is C13H17N3S. The average molecular weight is 247 g/mol. The maximum atomic E-state index is 4.71. The van der Waals surface area contributed by atoms with Gasteiger partial charge in [0.2, 0.25) is 0 Å². The van der Waals surface area contributed by atoms with Gasteiger partial charge in [0, 0.05) is 18.3 Å². The van der Waals surface area contributed by atoms with E-state index in [1.165, 1.54) is 28.7 Å². The molecule has 0 aliphatic heterocycles. The summed E-state index contributed by atoms with van der Waals surface area (Å²) in [4.78, 5) is 11.8. The molecule has 1 fully saturated rings. The van der Waals surface area contributed by atoms with Crippen LogP contribution in [0.4, 0.5) is 5.82 Å². The van der Waals surface area contributed by atoms with E-state index in [0.717, 1.165) is 28.8 Å². The molecular weight excluding hydrogens is 230 g/mol. The van der Waals surface area contributed by atoms with Crippen LogP contribution in [0.15, 0.2) is 0 Å². The van der Waals surface area contributed by atoms with E-state index in [0.29, 0.717) is 0 Å². The molecule has 90 valence electrons. The number of thiophene rings is 1. The second-order valence-corrected chi connectivity index (χ2v) is 6.05. The number of nitrogens with zero attached hydrogens (tertiary/aromatic N) is 2. The number of hydrogen-bond donors (Lipinski definition) is 1. The van der Waals surface area contributed by atoms with Gasteiger partial charge in [0.1, 0.15) is 16.5 Å². The van der Waals surface area contributed by atoms with Crippen molar-refractivity contribution in [1.82, 2.24) is 9.97 Å². The molecule has 1 aliphatic rings. The van der Waals surface area contributed by atoms with Crippen LogP contribution >= 0.6 is 11.3 Å². The van der Waals surface area contributed by atoms with E-state index in [-0.39, 0.29) is 0 Å². The van der Waals surface area contributed by atoms with Crippen molar-refractivity contribution in [3.8, 4) is 0 Å². The Morgan fingerprint density at radius 3 is 2.71 bits per heavy atom. The summed E-state index contributed by atoms with van der Waals surface area (Å²) >= 11 is 1.78. The third-order valence-electron chi connectivity index (χ3n) is 3.48. The summed E-state index contributed by atoms with van der Waals surface area (Å²) in [5.41, 5.74) is 1.31. The van der Waals surface area contributed by atoms with Crippen LogP contribution in [-0.2, 0) is 6.42 Å². The molecule has 3 nitrogen and oxygen atoms in total. The SMILES string of the molecule is CNc1nc(CC2CC2)nc2sc(C)c(C)c12. The minimum Gasteiger partial charge on any atom is -0.372 e. The van der Waals surface area contributed by atoms with Crippen LogP contribution in [0.3, 0.4) is 0 Å². The monoisotopic (exact) mass is 247 g/mol. The second-order valence-electron chi connectivity index (χ2n) is 4.85. The van der Waals surface area contributed by atoms with Crippen LogP contribution in [0.2, 0.25) is 0 Å². The smallest absolute Gasteiger partial charge is 0.138 e. The van der Waals surface area contributed by atoms with Crippen molar-refractivity contribution in [2.75, 3.05) is 12.4 Å². The number of rotatable bonds is 3. The largest absolute Gasteiger partial charge is 0.372 e. The van der Waals surface area contributed by atoms with Crippen molar-refractivity contribution in [2.45, 2.75) is 33.1 Å². The Bertz CT molecular complexity index is 570. The lowest BCUT2D eigenvalue weighted by Crippen LogP contribution is -2.01. The molecule has 1 aliphatic carbocycles. The Kier molecular flexibility index (Phi) is 2.54. The summed E-state index contributed by atoms with van der Waals surface area (Å²) in [6, 6.07) is 0. The van der Waals surface area contributed by atoms with E-state index in [1.807, 2.05) is 7.05 Å². The zero-order chi connectivity index (χ0) is 12.0. The average Bonchev–Trinajstić information content (AvgIpc) is 3.06. The lowest BCUT2D eigenvalue weighted by atomic mass is 10.2. The topological polar surface area (TPSA) is 37.8 Å². The maximum absolute atomic E-state index is 4.71. The van der Waals surface area contributed by atoms with Crippen LogP contribution in [0.5, 0.6) is 0 Å². The summed E-state index contributed by atoms with van der Waals surface area (Å²) in [6.07, 6.45) is 3.73. The normalized spacial score (nSPS) is 15.5. The summed E-state index contributed by atoms with van der Waals surface area (Å²) in [5, 5.41) is 4.42. The molecule has 1 saturated carbocycles. The minimum absolute atomic E-state index is 0.833. The van der Waals surface area contributed by atoms with Crippen LogP contribution in [0.1, 0.15) is 29.1 Å². The van der Waals surface area contributed by atoms with Gasteiger partial charge < -0.3 is 5.32 Å². The molecule has 2 aromatic rings. The van der Waals surface area contributed by atoms with Gasteiger partial charge in [-0.1, -0.05) is 0 Å². The predicted octanol–water partition coefficient (Wildman–Crippen LogP) is 3.30. The molecule has 4 heteroatoms. The molecule has 0 spiro atoms. The Labute approximate surface area is 105 Å². The van der Waals surface area contributed by atoms with E-state index in [9.17, 15) is 0 Å². The fourth-order valence-electron chi connectivity index (χ4n) is 2.15. The molecule has 0 atom stereocenters. The van der Waals surface area contributed by atoms with Crippen molar-refractivity contribution in [2.24, 2.45) is 5.92 Å². The Morgan fingerprint density at radius 2 is 2.06 bits per heavy atom. The zero-order valence-electron chi connectivity index (χ0n) is 10.5. The van der Waals surface area contributed by atoms with E-state index in [1.54, 1.807) is 11.3 Å². The van der Waals surface area contributed by atoms with E-state index >= 15 is 0 Å². The highest BCUT2D eigenvalue weighted by atomic mass is 32.1. The number of nitrogens with one attached hydrogen (secondary N) is 1. The fraction of sp³-hybridized carbons (Fsp3) is 0.538. The molecule has 0 aromatic carbocycles. The van der Waals surface area contributed by atoms with E-state index in [4.69, 9.17) is 4.98 Å². The number of aromatic nitrogens is 2. The Hall–Kier alpha value is -1.16. The van der Waals surface area contributed by atoms with Crippen LogP contribution < -0.4 is 5.32 Å². The van der Waals surface area contributed by atoms with Crippen LogP contribution in [0, 0.1) is 19.8 Å². The molecule has 2 heterocycles. The lowest BCUT2D eigenvalue weighted by molar-refractivity contribution is 0.778. The Morgan fingerprint density at radius 1 is 1.29 bits per heavy atom. The van der Waals surface area contributed by atoms with Crippen molar-refractivity contribution in [3.63, 3.8) is 0 Å². The molecule has 17 heavy (non-hydrogen) atoms. The third kappa shape index (κ3) is 1.90. The van der Waals surface area contributed by atoms with Crippen LogP contribution in [-0.4, -0.2) is 17.0 Å². The maximum Gasteiger partial charge on any atom is 0.138 e. The van der Waals surface area contributed by atoms with Gasteiger partial charge in [0.15, 0.2) is 0 Å². The fourth-order valence-corrected chi connectivity index (χ4v) is 3.19. The predicted molar refractivity (Wildman–Crippen MR) is 72.9 cm³/mol. The van der Waals surface area contributed by atoms with Gasteiger partial charge >= 0.3 is 0 Å². The van der Waals surface area contributed by atoms with Crippen molar-refractivity contribution < 1.29 is 0 Å². The number of hydrogen-bond acceptors (Lipinski definition) is 4. The quantitative estimate of drug-likeness (QED) is 0.904. The van der Waals surface area contributed by atoms with Gasteiger partial charge in [-0.2, -0.15) is 0 Å². The molecule has 1 N–H and O–H groups in total. The van der Waals surface area contributed by atoms with Gasteiger partial charge in [-0.3, -0.25) is 0 Å². The van der Waals surface area contributed by atoms with Gasteiger partial charge in [0.25, 0.3) is 0 Å². The Balaban J connectivity index is 2.14. The number of anilines is 1. The third-order valence-corrected chi connectivity index (χ3v) is 4.58. The standard InChI is InChI=1S/C13H17N3S/c1-7-8(2)17-13-11(7)12(14-3)15-10(16-13)6-9-4-5-9/h9H,4-6H2,1-3H3,(H,14,15,16). The van der Waals surface area contributed by atoms with Gasteiger partial charge in [0.05, 0.1) is 5.39 Å². The first-order valence-corrected chi connectivity index (χ1v) is 6.95. The van der Waals surface area contributed by atoms with Gasteiger partial charge in [-0.25, -0.2) is 9.97 Å². The van der Waals surface area contributed by atoms with Crippen molar-refractivity contribution >= 4 is 27.4 Å². The second kappa shape index (κ2) is 3.95. The lowest BCUT2D eigenvalue weighted by Gasteiger charge is -2.05. The first-order chi connectivity index (χ1) is 8.19. The first kappa shape index (κ1) is 11.0. The van der Waals surface area contributed by atoms with Crippen molar-refractivity contribution in [1.29, 1.82) is 0 Å². The molecule has 0 amide bonds. The van der Waals surface area contributed by atoms with Crippen LogP contribution in [0.25, 0.3) is 10.2 Å². The molecule has 2 aromatic heterocycles. The molecule has 0 unspecified atom stereocenters. The highest BCUT2D eigenvalue weighted by Gasteiger charge is 2.24. The number of fused-ring (bicyclic) bond motifs is 1. The molecule has 0 bridgehead atoms. The molecule has 0 radical (unpaired) electrons. The first-order valence-electron chi connectivity index (χ1n) is 6.13. The molecule has 0 saturated heterocycles. The van der Waals surface area contributed by atoms with E-state index < -0.39 is 0 Å². The number of aryl methyl sites for hydroxylation is 2. The summed E-state index contributed by atoms with van der Waals surface area (Å²) in [7, 11) is 1.94.